The quantitative estimate of drug-likeness (QED) is 0.827. The predicted molar refractivity (Wildman–Crippen MR) is 91.1 cm³/mol. The Labute approximate surface area is 140 Å². The van der Waals surface area contributed by atoms with E-state index in [1.165, 1.54) is 18.2 Å². The Balaban J connectivity index is 3.09. The number of sulfonamides is 1. The third-order valence-electron chi connectivity index (χ3n) is 2.94. The molecule has 1 aromatic rings. The zero-order chi connectivity index (χ0) is 17.3. The zero-order valence-electron chi connectivity index (χ0n) is 13.5. The van der Waals surface area contributed by atoms with Gasteiger partial charge in [0.1, 0.15) is 0 Å². The molecule has 0 spiro atoms. The molecule has 0 saturated heterocycles. The van der Waals surface area contributed by atoms with Gasteiger partial charge in [0.15, 0.2) is 0 Å². The Morgan fingerprint density at radius 1 is 1.23 bits per heavy atom. The SMILES string of the molecule is CC(C)(C)CC(C)(C)NC(=O)c1cc(S(N)(=O)=O)ccc1Br. The molecule has 22 heavy (non-hydrogen) atoms. The van der Waals surface area contributed by atoms with Crippen LogP contribution in [-0.2, 0) is 10.0 Å². The van der Waals surface area contributed by atoms with Gasteiger partial charge < -0.3 is 5.32 Å². The fourth-order valence-corrected chi connectivity index (χ4v) is 3.57. The summed E-state index contributed by atoms with van der Waals surface area (Å²) >= 11 is 3.27. The summed E-state index contributed by atoms with van der Waals surface area (Å²) < 4.78 is 23.4. The van der Waals surface area contributed by atoms with Gasteiger partial charge in [-0.2, -0.15) is 0 Å². The molecule has 0 atom stereocenters. The number of carbonyl (C=O) groups is 1. The van der Waals surface area contributed by atoms with Gasteiger partial charge in [-0.05, 0) is 59.8 Å². The molecule has 0 saturated carbocycles. The van der Waals surface area contributed by atoms with Crippen molar-refractivity contribution < 1.29 is 13.2 Å². The second-order valence-electron chi connectivity index (χ2n) is 7.26. The van der Waals surface area contributed by atoms with Crippen LogP contribution in [0.5, 0.6) is 0 Å². The lowest BCUT2D eigenvalue weighted by atomic mass is 9.81. The molecule has 7 heteroatoms. The number of benzene rings is 1. The minimum Gasteiger partial charge on any atom is -0.347 e. The van der Waals surface area contributed by atoms with Crippen LogP contribution in [0.15, 0.2) is 27.6 Å². The molecule has 0 bridgehead atoms. The molecule has 0 fully saturated rings. The number of primary sulfonamides is 1. The van der Waals surface area contributed by atoms with Gasteiger partial charge >= 0.3 is 0 Å². The first-order valence-corrected chi connectivity index (χ1v) is 9.20. The Morgan fingerprint density at radius 2 is 1.77 bits per heavy atom. The van der Waals surface area contributed by atoms with Crippen molar-refractivity contribution in [2.75, 3.05) is 0 Å². The minimum atomic E-state index is -3.85. The minimum absolute atomic E-state index is 0.0520. The molecule has 0 heterocycles. The molecule has 3 N–H and O–H groups in total. The fourth-order valence-electron chi connectivity index (χ4n) is 2.60. The summed E-state index contributed by atoms with van der Waals surface area (Å²) in [6.45, 7) is 10.2. The summed E-state index contributed by atoms with van der Waals surface area (Å²) in [6.07, 6.45) is 0.776. The summed E-state index contributed by atoms with van der Waals surface area (Å²) in [5.41, 5.74) is -0.128. The van der Waals surface area contributed by atoms with E-state index in [0.717, 1.165) is 6.42 Å². The predicted octanol–water partition coefficient (Wildman–Crippen LogP) is 3.04. The average Bonchev–Trinajstić information content (AvgIpc) is 2.23. The molecular weight excluding hydrogens is 368 g/mol. The first-order chi connectivity index (χ1) is 9.71. The Hall–Kier alpha value is -0.920. The highest BCUT2D eigenvalue weighted by Crippen LogP contribution is 2.28. The Morgan fingerprint density at radius 3 is 2.23 bits per heavy atom. The molecule has 1 aromatic carbocycles. The van der Waals surface area contributed by atoms with Gasteiger partial charge in [0, 0.05) is 10.0 Å². The Kier molecular flexibility index (Phi) is 5.47. The average molecular weight is 391 g/mol. The van der Waals surface area contributed by atoms with E-state index in [9.17, 15) is 13.2 Å². The van der Waals surface area contributed by atoms with Gasteiger partial charge in [-0.15, -0.1) is 0 Å². The molecule has 0 aromatic heterocycles. The van der Waals surface area contributed by atoms with E-state index >= 15 is 0 Å². The third-order valence-corrected chi connectivity index (χ3v) is 4.54. The molecule has 0 aliphatic rings. The van der Waals surface area contributed by atoms with Crippen LogP contribution >= 0.6 is 15.9 Å². The van der Waals surface area contributed by atoms with E-state index < -0.39 is 15.6 Å². The van der Waals surface area contributed by atoms with Crippen molar-refractivity contribution >= 4 is 31.9 Å². The molecule has 0 unspecified atom stereocenters. The lowest BCUT2D eigenvalue weighted by molar-refractivity contribution is 0.0890. The molecule has 1 rings (SSSR count). The maximum absolute atomic E-state index is 12.5. The van der Waals surface area contributed by atoms with Crippen molar-refractivity contribution in [3.05, 3.63) is 28.2 Å². The van der Waals surface area contributed by atoms with Gasteiger partial charge in [0.25, 0.3) is 5.91 Å². The summed E-state index contributed by atoms with van der Waals surface area (Å²) in [4.78, 5) is 12.4. The Bertz CT molecular complexity index is 677. The highest BCUT2D eigenvalue weighted by Gasteiger charge is 2.28. The number of hydrogen-bond acceptors (Lipinski definition) is 3. The van der Waals surface area contributed by atoms with Crippen LogP contribution in [0.3, 0.4) is 0 Å². The second-order valence-corrected chi connectivity index (χ2v) is 9.68. The number of amides is 1. The lowest BCUT2D eigenvalue weighted by Crippen LogP contribution is -2.45. The topological polar surface area (TPSA) is 89.3 Å². The van der Waals surface area contributed by atoms with E-state index in [4.69, 9.17) is 5.14 Å². The van der Waals surface area contributed by atoms with Crippen molar-refractivity contribution in [2.45, 2.75) is 51.5 Å². The maximum atomic E-state index is 12.5. The first kappa shape index (κ1) is 19.1. The number of rotatable bonds is 4. The normalized spacial score (nSPS) is 13.0. The van der Waals surface area contributed by atoms with Crippen LogP contribution in [0.25, 0.3) is 0 Å². The van der Waals surface area contributed by atoms with Crippen molar-refractivity contribution in [2.24, 2.45) is 10.6 Å². The van der Waals surface area contributed by atoms with Crippen LogP contribution in [0.2, 0.25) is 0 Å². The van der Waals surface area contributed by atoms with Gasteiger partial charge in [0.05, 0.1) is 10.5 Å². The second kappa shape index (κ2) is 6.29. The summed E-state index contributed by atoms with van der Waals surface area (Å²) in [5.74, 6) is -0.341. The fraction of sp³-hybridized carbons (Fsp3) is 0.533. The third kappa shape index (κ3) is 5.70. The highest BCUT2D eigenvalue weighted by atomic mass is 79.9. The van der Waals surface area contributed by atoms with Crippen LogP contribution < -0.4 is 10.5 Å². The van der Waals surface area contributed by atoms with Crippen LogP contribution in [0.1, 0.15) is 51.4 Å². The van der Waals surface area contributed by atoms with Crippen molar-refractivity contribution in [3.8, 4) is 0 Å². The van der Waals surface area contributed by atoms with Gasteiger partial charge in [0.2, 0.25) is 10.0 Å². The monoisotopic (exact) mass is 390 g/mol. The van der Waals surface area contributed by atoms with Gasteiger partial charge in [-0.3, -0.25) is 4.79 Å². The largest absolute Gasteiger partial charge is 0.347 e. The number of carbonyl (C=O) groups excluding carboxylic acids is 1. The summed E-state index contributed by atoms with van der Waals surface area (Å²) in [7, 11) is -3.85. The molecule has 1 amide bonds. The van der Waals surface area contributed by atoms with E-state index in [-0.39, 0.29) is 21.8 Å². The molecule has 0 aliphatic carbocycles. The molecule has 0 radical (unpaired) electrons. The van der Waals surface area contributed by atoms with Gasteiger partial charge in [-0.25, -0.2) is 13.6 Å². The van der Waals surface area contributed by atoms with Crippen LogP contribution in [0, 0.1) is 5.41 Å². The zero-order valence-corrected chi connectivity index (χ0v) is 15.9. The van der Waals surface area contributed by atoms with E-state index in [1.807, 2.05) is 13.8 Å². The highest BCUT2D eigenvalue weighted by molar-refractivity contribution is 9.10. The standard InChI is InChI=1S/C15H23BrN2O3S/c1-14(2,3)9-15(4,5)18-13(19)11-8-10(22(17,20)21)6-7-12(11)16/h6-8H,9H2,1-5H3,(H,18,19)(H2,17,20,21). The smallest absolute Gasteiger partial charge is 0.252 e. The molecular formula is C15H23BrN2O3S. The summed E-state index contributed by atoms with van der Waals surface area (Å²) in [6, 6.07) is 4.14. The van der Waals surface area contributed by atoms with Crippen molar-refractivity contribution in [1.29, 1.82) is 0 Å². The maximum Gasteiger partial charge on any atom is 0.252 e. The number of halogens is 1. The van der Waals surface area contributed by atoms with E-state index in [0.29, 0.717) is 4.47 Å². The van der Waals surface area contributed by atoms with Crippen LogP contribution in [-0.4, -0.2) is 19.9 Å². The lowest BCUT2D eigenvalue weighted by Gasteiger charge is -2.33. The molecule has 0 aliphatic heterocycles. The first-order valence-electron chi connectivity index (χ1n) is 6.86. The van der Waals surface area contributed by atoms with Crippen molar-refractivity contribution in [1.82, 2.24) is 5.32 Å². The number of nitrogens with one attached hydrogen (secondary N) is 1. The number of nitrogens with two attached hydrogens (primary N) is 1. The molecule has 124 valence electrons. The van der Waals surface area contributed by atoms with E-state index in [1.54, 1.807) is 0 Å². The van der Waals surface area contributed by atoms with Gasteiger partial charge in [-0.1, -0.05) is 20.8 Å². The van der Waals surface area contributed by atoms with Crippen LogP contribution in [0.4, 0.5) is 0 Å². The van der Waals surface area contributed by atoms with Crippen molar-refractivity contribution in [3.63, 3.8) is 0 Å². The molecule has 5 nitrogen and oxygen atoms in total. The summed E-state index contributed by atoms with van der Waals surface area (Å²) in [5, 5.41) is 8.06. The number of hydrogen-bond donors (Lipinski definition) is 2. The van der Waals surface area contributed by atoms with E-state index in [2.05, 4.69) is 42.0 Å².